The fraction of sp³-hybridized carbons (Fsp3) is 0.182. The van der Waals surface area contributed by atoms with Crippen LogP contribution in [0.4, 0.5) is 16.2 Å². The van der Waals surface area contributed by atoms with E-state index in [0.29, 0.717) is 13.1 Å². The van der Waals surface area contributed by atoms with Crippen LogP contribution in [0.2, 0.25) is 0 Å². The number of pyridine rings is 1. The highest BCUT2D eigenvalue weighted by molar-refractivity contribution is 5.73. The fourth-order valence-electron chi connectivity index (χ4n) is 3.65. The number of carbonyl (C=O) groups is 1. The number of amides is 1. The van der Waals surface area contributed by atoms with Crippen molar-refractivity contribution in [2.45, 2.75) is 19.5 Å². The normalized spacial score (nSPS) is 12.7. The van der Waals surface area contributed by atoms with E-state index in [1.807, 2.05) is 54.6 Å². The lowest BCUT2D eigenvalue weighted by molar-refractivity contribution is 0.139. The lowest BCUT2D eigenvalue weighted by Crippen LogP contribution is -2.29. The van der Waals surface area contributed by atoms with Crippen LogP contribution < -0.4 is 4.90 Å². The highest BCUT2D eigenvalue weighted by Gasteiger charge is 2.25. The number of para-hydroxylation sites is 1. The van der Waals surface area contributed by atoms with Gasteiger partial charge in [0, 0.05) is 36.9 Å². The Balaban J connectivity index is 1.64. The minimum atomic E-state index is -0.912. The van der Waals surface area contributed by atoms with Crippen molar-refractivity contribution in [2.75, 3.05) is 11.4 Å². The van der Waals surface area contributed by atoms with Gasteiger partial charge in [-0.05, 0) is 35.2 Å². The molecule has 27 heavy (non-hydrogen) atoms. The Kier molecular flexibility index (Phi) is 4.75. The van der Waals surface area contributed by atoms with Crippen LogP contribution in [0.25, 0.3) is 0 Å². The Morgan fingerprint density at radius 1 is 1.00 bits per heavy atom. The van der Waals surface area contributed by atoms with Crippen LogP contribution in [0.1, 0.15) is 16.7 Å². The Labute approximate surface area is 158 Å². The summed E-state index contributed by atoms with van der Waals surface area (Å²) in [4.78, 5) is 19.7. The maximum atomic E-state index is 11.9. The Bertz CT molecular complexity index is 929. The van der Waals surface area contributed by atoms with Gasteiger partial charge < -0.3 is 10.0 Å². The van der Waals surface area contributed by atoms with Crippen LogP contribution in [0.15, 0.2) is 73.1 Å². The Hall–Kier alpha value is -3.34. The van der Waals surface area contributed by atoms with Crippen molar-refractivity contribution in [1.82, 2.24) is 9.88 Å². The van der Waals surface area contributed by atoms with E-state index in [-0.39, 0.29) is 0 Å². The third-order valence-corrected chi connectivity index (χ3v) is 4.90. The van der Waals surface area contributed by atoms with Gasteiger partial charge in [-0.3, -0.25) is 9.88 Å². The maximum Gasteiger partial charge on any atom is 0.407 e. The number of hydrogen-bond acceptors (Lipinski definition) is 3. The molecule has 0 unspecified atom stereocenters. The van der Waals surface area contributed by atoms with Crippen LogP contribution in [-0.2, 0) is 19.5 Å². The molecule has 0 fully saturated rings. The van der Waals surface area contributed by atoms with Crippen molar-refractivity contribution in [2.24, 2.45) is 0 Å². The van der Waals surface area contributed by atoms with E-state index >= 15 is 0 Å². The molecule has 1 aliphatic rings. The molecule has 0 aliphatic carbocycles. The molecular weight excluding hydrogens is 338 g/mol. The van der Waals surface area contributed by atoms with Gasteiger partial charge in [0.25, 0.3) is 0 Å². The first-order chi connectivity index (χ1) is 13.2. The molecule has 4 rings (SSSR count). The number of fused-ring (bicyclic) bond motifs is 1. The molecule has 0 saturated carbocycles. The molecule has 1 aliphatic heterocycles. The van der Waals surface area contributed by atoms with Crippen LogP contribution in [0.3, 0.4) is 0 Å². The molecule has 0 spiro atoms. The molecule has 5 nitrogen and oxygen atoms in total. The second-order valence-electron chi connectivity index (χ2n) is 6.66. The smallest absolute Gasteiger partial charge is 0.407 e. The van der Waals surface area contributed by atoms with Gasteiger partial charge in [0.05, 0.1) is 6.54 Å². The second-order valence-corrected chi connectivity index (χ2v) is 6.66. The molecule has 0 saturated heterocycles. The topological polar surface area (TPSA) is 56.7 Å². The predicted octanol–water partition coefficient (Wildman–Crippen LogP) is 4.46. The van der Waals surface area contributed by atoms with E-state index in [9.17, 15) is 9.90 Å². The van der Waals surface area contributed by atoms with E-state index in [0.717, 1.165) is 35.5 Å². The van der Waals surface area contributed by atoms with Crippen molar-refractivity contribution in [3.63, 3.8) is 0 Å². The molecule has 1 amide bonds. The Morgan fingerprint density at radius 2 is 1.78 bits per heavy atom. The summed E-state index contributed by atoms with van der Waals surface area (Å²) in [6, 6.07) is 19.9. The van der Waals surface area contributed by atoms with E-state index in [2.05, 4.69) is 16.0 Å². The van der Waals surface area contributed by atoms with E-state index in [1.54, 1.807) is 12.4 Å². The monoisotopic (exact) mass is 359 g/mol. The number of carboxylic acid groups (broad SMARTS) is 1. The van der Waals surface area contributed by atoms with Gasteiger partial charge in [-0.1, -0.05) is 48.5 Å². The molecule has 3 aromatic rings. The summed E-state index contributed by atoms with van der Waals surface area (Å²) in [6.45, 7) is 1.62. The first kappa shape index (κ1) is 17.1. The molecule has 5 heteroatoms. The minimum Gasteiger partial charge on any atom is -0.465 e. The number of rotatable bonds is 5. The number of aromatic nitrogens is 1. The number of anilines is 2. The van der Waals surface area contributed by atoms with Crippen molar-refractivity contribution >= 4 is 17.5 Å². The van der Waals surface area contributed by atoms with Gasteiger partial charge in [0.1, 0.15) is 0 Å². The number of hydrogen-bond donors (Lipinski definition) is 1. The molecule has 0 atom stereocenters. The summed E-state index contributed by atoms with van der Waals surface area (Å²) in [5, 5.41) is 9.73. The van der Waals surface area contributed by atoms with Gasteiger partial charge in [-0.2, -0.15) is 0 Å². The molecule has 1 aromatic heterocycles. The average Bonchev–Trinajstić information content (AvgIpc) is 3.14. The van der Waals surface area contributed by atoms with Gasteiger partial charge in [-0.25, -0.2) is 4.79 Å². The zero-order valence-corrected chi connectivity index (χ0v) is 15.0. The summed E-state index contributed by atoms with van der Waals surface area (Å²) in [7, 11) is 0. The molecule has 1 N–H and O–H groups in total. The van der Waals surface area contributed by atoms with Gasteiger partial charge in [0.15, 0.2) is 0 Å². The summed E-state index contributed by atoms with van der Waals surface area (Å²) < 4.78 is 0. The first-order valence-corrected chi connectivity index (χ1v) is 9.02. The summed E-state index contributed by atoms with van der Waals surface area (Å²) in [6.07, 6.45) is 3.62. The van der Waals surface area contributed by atoms with Crippen LogP contribution in [0, 0.1) is 0 Å². The highest BCUT2D eigenvalue weighted by atomic mass is 16.4. The van der Waals surface area contributed by atoms with Crippen LogP contribution in [0.5, 0.6) is 0 Å². The third-order valence-electron chi connectivity index (χ3n) is 4.90. The van der Waals surface area contributed by atoms with Gasteiger partial charge in [0.2, 0.25) is 0 Å². The quantitative estimate of drug-likeness (QED) is 0.731. The zero-order valence-electron chi connectivity index (χ0n) is 15.0. The second kappa shape index (κ2) is 7.50. The van der Waals surface area contributed by atoms with Gasteiger partial charge >= 0.3 is 6.09 Å². The van der Waals surface area contributed by atoms with Crippen LogP contribution >= 0.6 is 0 Å². The molecule has 2 aromatic carbocycles. The molecule has 136 valence electrons. The largest absolute Gasteiger partial charge is 0.465 e. The summed E-state index contributed by atoms with van der Waals surface area (Å²) >= 11 is 0. The van der Waals surface area contributed by atoms with Crippen molar-refractivity contribution < 1.29 is 9.90 Å². The first-order valence-electron chi connectivity index (χ1n) is 9.02. The molecule has 2 heterocycles. The van der Waals surface area contributed by atoms with Crippen LogP contribution in [-0.4, -0.2) is 27.6 Å². The van der Waals surface area contributed by atoms with Crippen molar-refractivity contribution in [3.8, 4) is 0 Å². The average molecular weight is 359 g/mol. The van der Waals surface area contributed by atoms with E-state index in [1.165, 1.54) is 10.5 Å². The summed E-state index contributed by atoms with van der Waals surface area (Å²) in [5.74, 6) is 0. The standard InChI is InChI=1S/C22H21N3O2/c26-22(27)24(15-17-5-2-1-3-6-17)16-19-8-4-7-18-11-14-25(21(18)19)20-9-12-23-13-10-20/h1-10,12-13H,11,14-16H2,(H,26,27). The lowest BCUT2D eigenvalue weighted by atomic mass is 10.1. The lowest BCUT2D eigenvalue weighted by Gasteiger charge is -2.25. The van der Waals surface area contributed by atoms with E-state index < -0.39 is 6.09 Å². The summed E-state index contributed by atoms with van der Waals surface area (Å²) in [5.41, 5.74) is 5.48. The highest BCUT2D eigenvalue weighted by Crippen LogP contribution is 2.37. The van der Waals surface area contributed by atoms with Gasteiger partial charge in [-0.15, -0.1) is 0 Å². The molecule has 0 radical (unpaired) electrons. The number of benzene rings is 2. The minimum absolute atomic E-state index is 0.356. The maximum absolute atomic E-state index is 11.9. The molecule has 0 bridgehead atoms. The van der Waals surface area contributed by atoms with Crippen molar-refractivity contribution in [3.05, 3.63) is 89.7 Å². The van der Waals surface area contributed by atoms with E-state index in [4.69, 9.17) is 0 Å². The Morgan fingerprint density at radius 3 is 2.52 bits per heavy atom. The predicted molar refractivity (Wildman–Crippen MR) is 105 cm³/mol. The van der Waals surface area contributed by atoms with Crippen molar-refractivity contribution in [1.29, 1.82) is 0 Å². The zero-order chi connectivity index (χ0) is 18.6. The third kappa shape index (κ3) is 3.62. The SMILES string of the molecule is O=C(O)N(Cc1ccccc1)Cc1cccc2c1N(c1ccncc1)CC2. The molecular formula is C22H21N3O2. The number of nitrogens with zero attached hydrogens (tertiary/aromatic N) is 3. The fourth-order valence-corrected chi connectivity index (χ4v) is 3.65.